The fourth-order valence-electron chi connectivity index (χ4n) is 1.88. The van der Waals surface area contributed by atoms with Crippen molar-refractivity contribution in [2.45, 2.75) is 13.0 Å². The third-order valence-corrected chi connectivity index (χ3v) is 3.54. The zero-order chi connectivity index (χ0) is 14.5. The van der Waals surface area contributed by atoms with E-state index in [1.54, 1.807) is 18.2 Å². The molecule has 0 atom stereocenters. The summed E-state index contributed by atoms with van der Waals surface area (Å²) in [7, 11) is 0. The Kier molecular flexibility index (Phi) is 5.24. The molecule has 2 rings (SSSR count). The number of nitrogens with two attached hydrogens (primary N) is 1. The van der Waals surface area contributed by atoms with Gasteiger partial charge in [0.2, 0.25) is 0 Å². The van der Waals surface area contributed by atoms with Crippen molar-refractivity contribution in [1.29, 1.82) is 0 Å². The van der Waals surface area contributed by atoms with Crippen molar-refractivity contribution in [3.63, 3.8) is 0 Å². The standard InChI is InChI=1S/C15H14Cl2FNO/c16-12-4-2-6-14(18)11(12)9-20-15-10(7-8-19)3-1-5-13(15)17/h1-6H,7-9,19H2. The van der Waals surface area contributed by atoms with E-state index in [4.69, 9.17) is 33.7 Å². The van der Waals surface area contributed by atoms with E-state index in [1.165, 1.54) is 6.07 Å². The molecular weight excluding hydrogens is 300 g/mol. The quantitative estimate of drug-likeness (QED) is 0.897. The molecule has 0 bridgehead atoms. The predicted molar refractivity (Wildman–Crippen MR) is 80.0 cm³/mol. The van der Waals surface area contributed by atoms with Crippen LogP contribution in [0.1, 0.15) is 11.1 Å². The van der Waals surface area contributed by atoms with E-state index in [2.05, 4.69) is 0 Å². The van der Waals surface area contributed by atoms with E-state index in [-0.39, 0.29) is 6.61 Å². The number of benzene rings is 2. The summed E-state index contributed by atoms with van der Waals surface area (Å²) in [5.41, 5.74) is 6.76. The fraction of sp³-hybridized carbons (Fsp3) is 0.200. The number of rotatable bonds is 5. The van der Waals surface area contributed by atoms with Gasteiger partial charge in [0.05, 0.1) is 10.0 Å². The predicted octanol–water partition coefficient (Wildman–Crippen LogP) is 4.21. The molecule has 0 fully saturated rings. The molecule has 0 saturated carbocycles. The van der Waals surface area contributed by atoms with Crippen LogP contribution in [0, 0.1) is 5.82 Å². The first-order valence-corrected chi connectivity index (χ1v) is 6.92. The topological polar surface area (TPSA) is 35.2 Å². The average molecular weight is 314 g/mol. The minimum Gasteiger partial charge on any atom is -0.487 e. The van der Waals surface area contributed by atoms with Gasteiger partial charge in [-0.15, -0.1) is 0 Å². The second-order valence-electron chi connectivity index (χ2n) is 4.26. The van der Waals surface area contributed by atoms with Gasteiger partial charge in [-0.25, -0.2) is 4.39 Å². The van der Waals surface area contributed by atoms with Crippen molar-refractivity contribution >= 4 is 23.2 Å². The van der Waals surface area contributed by atoms with Crippen molar-refractivity contribution < 1.29 is 9.13 Å². The maximum atomic E-state index is 13.7. The molecule has 0 heterocycles. The van der Waals surface area contributed by atoms with Crippen molar-refractivity contribution in [3.8, 4) is 5.75 Å². The van der Waals surface area contributed by atoms with E-state index in [1.807, 2.05) is 12.1 Å². The molecule has 2 aromatic carbocycles. The van der Waals surface area contributed by atoms with Gasteiger partial charge in [-0.05, 0) is 36.7 Å². The highest BCUT2D eigenvalue weighted by Crippen LogP contribution is 2.30. The summed E-state index contributed by atoms with van der Waals surface area (Å²) < 4.78 is 19.3. The van der Waals surface area contributed by atoms with Crippen molar-refractivity contribution in [3.05, 3.63) is 63.4 Å². The van der Waals surface area contributed by atoms with Crippen LogP contribution in [0.4, 0.5) is 4.39 Å². The van der Waals surface area contributed by atoms with Gasteiger partial charge in [0.15, 0.2) is 0 Å². The lowest BCUT2D eigenvalue weighted by Crippen LogP contribution is -2.06. The average Bonchev–Trinajstić information content (AvgIpc) is 2.41. The van der Waals surface area contributed by atoms with Crippen molar-refractivity contribution in [2.75, 3.05) is 6.54 Å². The highest BCUT2D eigenvalue weighted by atomic mass is 35.5. The number of ether oxygens (including phenoxy) is 1. The summed E-state index contributed by atoms with van der Waals surface area (Å²) in [5.74, 6) is 0.129. The Morgan fingerprint density at radius 3 is 2.45 bits per heavy atom. The Balaban J connectivity index is 2.23. The van der Waals surface area contributed by atoms with Gasteiger partial charge in [0, 0.05) is 5.56 Å². The summed E-state index contributed by atoms with van der Waals surface area (Å²) in [6, 6.07) is 9.96. The lowest BCUT2D eigenvalue weighted by molar-refractivity contribution is 0.297. The van der Waals surface area contributed by atoms with Crippen LogP contribution < -0.4 is 10.5 Å². The van der Waals surface area contributed by atoms with Gasteiger partial charge < -0.3 is 10.5 Å². The Morgan fingerprint density at radius 2 is 1.75 bits per heavy atom. The number of halogens is 3. The van der Waals surface area contributed by atoms with Crippen LogP contribution in [-0.4, -0.2) is 6.54 Å². The molecule has 0 aliphatic rings. The molecule has 0 unspecified atom stereocenters. The number of para-hydroxylation sites is 1. The monoisotopic (exact) mass is 313 g/mol. The Bertz CT molecular complexity index is 584. The molecule has 2 N–H and O–H groups in total. The molecular formula is C15H14Cl2FNO. The molecule has 0 amide bonds. The van der Waals surface area contributed by atoms with Crippen LogP contribution in [-0.2, 0) is 13.0 Å². The SMILES string of the molecule is NCCc1cccc(Cl)c1OCc1c(F)cccc1Cl. The molecule has 0 aromatic heterocycles. The van der Waals surface area contributed by atoms with E-state index in [0.717, 1.165) is 5.56 Å². The normalized spacial score (nSPS) is 10.6. The molecule has 0 spiro atoms. The zero-order valence-corrected chi connectivity index (χ0v) is 12.2. The first-order chi connectivity index (χ1) is 9.63. The molecule has 2 aromatic rings. The molecule has 106 valence electrons. The minimum atomic E-state index is -0.398. The second kappa shape index (κ2) is 6.93. The van der Waals surface area contributed by atoms with Crippen molar-refractivity contribution in [1.82, 2.24) is 0 Å². The third kappa shape index (κ3) is 3.42. The molecule has 2 nitrogen and oxygen atoms in total. The maximum absolute atomic E-state index is 13.7. The van der Waals surface area contributed by atoms with Crippen LogP contribution in [0.3, 0.4) is 0 Å². The van der Waals surface area contributed by atoms with Crippen LogP contribution in [0.15, 0.2) is 36.4 Å². The van der Waals surface area contributed by atoms with Gasteiger partial charge in [0.1, 0.15) is 18.2 Å². The molecule has 0 aliphatic heterocycles. The van der Waals surface area contributed by atoms with Crippen LogP contribution in [0.5, 0.6) is 5.75 Å². The fourth-order valence-corrected chi connectivity index (χ4v) is 2.35. The van der Waals surface area contributed by atoms with Crippen LogP contribution >= 0.6 is 23.2 Å². The van der Waals surface area contributed by atoms with Crippen molar-refractivity contribution in [2.24, 2.45) is 5.73 Å². The van der Waals surface area contributed by atoms with Crippen LogP contribution in [0.2, 0.25) is 10.0 Å². The van der Waals surface area contributed by atoms with E-state index in [9.17, 15) is 4.39 Å². The first kappa shape index (κ1) is 15.1. The van der Waals surface area contributed by atoms with E-state index < -0.39 is 5.82 Å². The molecule has 0 aliphatic carbocycles. The number of hydrogen-bond acceptors (Lipinski definition) is 2. The molecule has 20 heavy (non-hydrogen) atoms. The van der Waals surface area contributed by atoms with Gasteiger partial charge in [-0.1, -0.05) is 41.4 Å². The summed E-state index contributed by atoms with van der Waals surface area (Å²) in [6.07, 6.45) is 0.640. The summed E-state index contributed by atoms with van der Waals surface area (Å²) in [4.78, 5) is 0. The third-order valence-electron chi connectivity index (χ3n) is 2.88. The number of hydrogen-bond donors (Lipinski definition) is 1. The Morgan fingerprint density at radius 1 is 1.05 bits per heavy atom. The molecule has 5 heteroatoms. The summed E-state index contributed by atoms with van der Waals surface area (Å²) in [6.45, 7) is 0.504. The lowest BCUT2D eigenvalue weighted by atomic mass is 10.1. The molecule has 0 radical (unpaired) electrons. The second-order valence-corrected chi connectivity index (χ2v) is 5.07. The largest absolute Gasteiger partial charge is 0.487 e. The summed E-state index contributed by atoms with van der Waals surface area (Å²) >= 11 is 12.1. The zero-order valence-electron chi connectivity index (χ0n) is 10.7. The van der Waals surface area contributed by atoms with Gasteiger partial charge in [0.25, 0.3) is 0 Å². The Labute approximate surface area is 127 Å². The molecule has 0 saturated heterocycles. The Hall–Kier alpha value is -1.29. The van der Waals surface area contributed by atoms with Gasteiger partial charge in [-0.3, -0.25) is 0 Å². The first-order valence-electron chi connectivity index (χ1n) is 6.16. The van der Waals surface area contributed by atoms with E-state index >= 15 is 0 Å². The highest BCUT2D eigenvalue weighted by Gasteiger charge is 2.12. The van der Waals surface area contributed by atoms with E-state index in [0.29, 0.717) is 34.3 Å². The maximum Gasteiger partial charge on any atom is 0.141 e. The minimum absolute atomic E-state index is 0.0206. The van der Waals surface area contributed by atoms with Gasteiger partial charge >= 0.3 is 0 Å². The smallest absolute Gasteiger partial charge is 0.141 e. The summed E-state index contributed by atoms with van der Waals surface area (Å²) in [5, 5.41) is 0.806. The van der Waals surface area contributed by atoms with Crippen LogP contribution in [0.25, 0.3) is 0 Å². The lowest BCUT2D eigenvalue weighted by Gasteiger charge is -2.14. The highest BCUT2D eigenvalue weighted by molar-refractivity contribution is 6.32. The van der Waals surface area contributed by atoms with Gasteiger partial charge in [-0.2, -0.15) is 0 Å².